The zero-order chi connectivity index (χ0) is 14.9. The van der Waals surface area contributed by atoms with E-state index >= 15 is 0 Å². The molecule has 1 atom stereocenters. The van der Waals surface area contributed by atoms with Crippen LogP contribution in [0.15, 0.2) is 28.9 Å². The van der Waals surface area contributed by atoms with Gasteiger partial charge in [0.25, 0.3) is 0 Å². The second-order valence-corrected chi connectivity index (χ2v) is 5.55. The first-order valence-corrected chi connectivity index (χ1v) is 7.07. The highest BCUT2D eigenvalue weighted by atomic mass is 79.9. The van der Waals surface area contributed by atoms with Gasteiger partial charge in [0.1, 0.15) is 11.5 Å². The number of rotatable bonds is 4. The molecule has 20 heavy (non-hydrogen) atoms. The van der Waals surface area contributed by atoms with Crippen LogP contribution in [0.1, 0.15) is 37.2 Å². The van der Waals surface area contributed by atoms with Crippen LogP contribution in [0.3, 0.4) is 0 Å². The number of nitrogens with zero attached hydrogens (tertiary/aromatic N) is 2. The SMILES string of the molecule is COc1cnn(C(C)C)c1C(N)c1cccc(F)c1Br. The van der Waals surface area contributed by atoms with Crippen LogP contribution in [-0.2, 0) is 0 Å². The Hall–Kier alpha value is -1.40. The van der Waals surface area contributed by atoms with Gasteiger partial charge in [-0.2, -0.15) is 5.10 Å². The third-order valence-electron chi connectivity index (χ3n) is 3.12. The summed E-state index contributed by atoms with van der Waals surface area (Å²) in [6.45, 7) is 4.01. The minimum atomic E-state index is -0.528. The van der Waals surface area contributed by atoms with Gasteiger partial charge in [0.2, 0.25) is 0 Å². The van der Waals surface area contributed by atoms with Gasteiger partial charge in [-0.25, -0.2) is 4.39 Å². The zero-order valence-electron chi connectivity index (χ0n) is 11.6. The van der Waals surface area contributed by atoms with Crippen molar-refractivity contribution in [3.05, 3.63) is 45.9 Å². The van der Waals surface area contributed by atoms with Crippen molar-refractivity contribution < 1.29 is 9.13 Å². The monoisotopic (exact) mass is 341 g/mol. The van der Waals surface area contributed by atoms with E-state index in [9.17, 15) is 4.39 Å². The van der Waals surface area contributed by atoms with E-state index in [2.05, 4.69) is 21.0 Å². The summed E-state index contributed by atoms with van der Waals surface area (Å²) < 4.78 is 21.1. The summed E-state index contributed by atoms with van der Waals surface area (Å²) in [6, 6.07) is 4.41. The Balaban J connectivity index is 2.55. The molecule has 2 rings (SSSR count). The maximum Gasteiger partial charge on any atom is 0.161 e. The van der Waals surface area contributed by atoms with E-state index in [0.29, 0.717) is 15.8 Å². The topological polar surface area (TPSA) is 53.1 Å². The number of benzene rings is 1. The third kappa shape index (κ3) is 2.58. The first kappa shape index (κ1) is 15.0. The molecule has 1 heterocycles. The molecular formula is C14H17BrFN3O. The highest BCUT2D eigenvalue weighted by Gasteiger charge is 2.24. The molecule has 2 aromatic rings. The van der Waals surface area contributed by atoms with Crippen molar-refractivity contribution in [1.82, 2.24) is 9.78 Å². The molecule has 1 aromatic heterocycles. The lowest BCUT2D eigenvalue weighted by atomic mass is 10.0. The average molecular weight is 342 g/mol. The highest BCUT2D eigenvalue weighted by molar-refractivity contribution is 9.10. The summed E-state index contributed by atoms with van der Waals surface area (Å²) in [5.74, 6) is 0.259. The number of aromatic nitrogens is 2. The summed E-state index contributed by atoms with van der Waals surface area (Å²) in [5.41, 5.74) is 7.70. The fraction of sp³-hybridized carbons (Fsp3) is 0.357. The molecular weight excluding hydrogens is 325 g/mol. The van der Waals surface area contributed by atoms with Gasteiger partial charge in [0, 0.05) is 6.04 Å². The minimum Gasteiger partial charge on any atom is -0.493 e. The first-order chi connectivity index (χ1) is 9.47. The predicted molar refractivity (Wildman–Crippen MR) is 79.3 cm³/mol. The molecule has 1 unspecified atom stereocenters. The smallest absolute Gasteiger partial charge is 0.161 e. The Bertz CT molecular complexity index is 612. The number of hydrogen-bond acceptors (Lipinski definition) is 3. The minimum absolute atomic E-state index is 0.132. The van der Waals surface area contributed by atoms with Crippen molar-refractivity contribution in [2.24, 2.45) is 5.73 Å². The molecule has 0 bridgehead atoms. The Morgan fingerprint density at radius 3 is 2.70 bits per heavy atom. The van der Waals surface area contributed by atoms with Gasteiger partial charge >= 0.3 is 0 Å². The molecule has 0 saturated carbocycles. The van der Waals surface area contributed by atoms with Crippen molar-refractivity contribution in [2.45, 2.75) is 25.9 Å². The van der Waals surface area contributed by atoms with Crippen LogP contribution < -0.4 is 10.5 Å². The average Bonchev–Trinajstić information content (AvgIpc) is 2.85. The molecule has 4 nitrogen and oxygen atoms in total. The molecule has 0 spiro atoms. The van der Waals surface area contributed by atoms with Gasteiger partial charge in [-0.15, -0.1) is 0 Å². The van der Waals surface area contributed by atoms with E-state index in [1.54, 1.807) is 30.1 Å². The van der Waals surface area contributed by atoms with Gasteiger partial charge in [-0.05, 0) is 41.4 Å². The third-order valence-corrected chi connectivity index (χ3v) is 3.96. The van der Waals surface area contributed by atoms with Crippen molar-refractivity contribution in [2.75, 3.05) is 7.11 Å². The van der Waals surface area contributed by atoms with Crippen LogP contribution in [0.2, 0.25) is 0 Å². The van der Waals surface area contributed by atoms with Crippen molar-refractivity contribution in [3.8, 4) is 5.75 Å². The fourth-order valence-electron chi connectivity index (χ4n) is 2.13. The summed E-state index contributed by atoms with van der Waals surface area (Å²) in [6.07, 6.45) is 1.63. The van der Waals surface area contributed by atoms with Gasteiger partial charge in [0.15, 0.2) is 5.75 Å². The number of methoxy groups -OCH3 is 1. The molecule has 1 aromatic carbocycles. The molecule has 0 fully saturated rings. The number of halogens is 2. The molecule has 0 aliphatic heterocycles. The Morgan fingerprint density at radius 2 is 2.10 bits per heavy atom. The fourth-order valence-corrected chi connectivity index (χ4v) is 2.64. The second kappa shape index (κ2) is 5.93. The second-order valence-electron chi connectivity index (χ2n) is 4.76. The van der Waals surface area contributed by atoms with Gasteiger partial charge in [-0.1, -0.05) is 12.1 Å². The number of hydrogen-bond donors (Lipinski definition) is 1. The van der Waals surface area contributed by atoms with Gasteiger partial charge < -0.3 is 10.5 Å². The summed E-state index contributed by atoms with van der Waals surface area (Å²) in [7, 11) is 1.57. The van der Waals surface area contributed by atoms with E-state index in [-0.39, 0.29) is 11.9 Å². The molecule has 0 amide bonds. The van der Waals surface area contributed by atoms with Crippen LogP contribution in [-0.4, -0.2) is 16.9 Å². The van der Waals surface area contributed by atoms with E-state index in [1.165, 1.54) is 6.07 Å². The number of ether oxygens (including phenoxy) is 1. The normalized spacial score (nSPS) is 12.8. The molecule has 6 heteroatoms. The first-order valence-electron chi connectivity index (χ1n) is 6.28. The van der Waals surface area contributed by atoms with Crippen LogP contribution in [0.25, 0.3) is 0 Å². The maximum atomic E-state index is 13.7. The van der Waals surface area contributed by atoms with Gasteiger partial charge in [-0.3, -0.25) is 4.68 Å². The summed E-state index contributed by atoms with van der Waals surface area (Å²) in [4.78, 5) is 0. The van der Waals surface area contributed by atoms with Crippen molar-refractivity contribution >= 4 is 15.9 Å². The largest absolute Gasteiger partial charge is 0.493 e. The van der Waals surface area contributed by atoms with E-state index in [1.807, 2.05) is 13.8 Å². The Labute approximate surface area is 125 Å². The van der Waals surface area contributed by atoms with Gasteiger partial charge in [0.05, 0.1) is 23.8 Å². The van der Waals surface area contributed by atoms with Crippen LogP contribution in [0.5, 0.6) is 5.75 Å². The predicted octanol–water partition coefficient (Wildman–Crippen LogP) is 3.42. The Kier molecular flexibility index (Phi) is 4.45. The van der Waals surface area contributed by atoms with Crippen molar-refractivity contribution in [1.29, 1.82) is 0 Å². The van der Waals surface area contributed by atoms with E-state index in [0.717, 1.165) is 5.69 Å². The van der Waals surface area contributed by atoms with Crippen molar-refractivity contribution in [3.63, 3.8) is 0 Å². The van der Waals surface area contributed by atoms with Crippen LogP contribution in [0.4, 0.5) is 4.39 Å². The summed E-state index contributed by atoms with van der Waals surface area (Å²) >= 11 is 3.25. The lowest BCUT2D eigenvalue weighted by Gasteiger charge is -2.19. The quantitative estimate of drug-likeness (QED) is 0.926. The summed E-state index contributed by atoms with van der Waals surface area (Å²) in [5, 5.41) is 4.29. The molecule has 0 aliphatic rings. The zero-order valence-corrected chi connectivity index (χ0v) is 13.2. The lowest BCUT2D eigenvalue weighted by Crippen LogP contribution is -2.20. The highest BCUT2D eigenvalue weighted by Crippen LogP contribution is 2.34. The van der Waals surface area contributed by atoms with E-state index in [4.69, 9.17) is 10.5 Å². The molecule has 0 radical (unpaired) electrons. The number of nitrogens with two attached hydrogens (primary N) is 1. The van der Waals surface area contributed by atoms with Crippen LogP contribution >= 0.6 is 15.9 Å². The molecule has 108 valence electrons. The maximum absolute atomic E-state index is 13.7. The lowest BCUT2D eigenvalue weighted by molar-refractivity contribution is 0.400. The van der Waals surface area contributed by atoms with Crippen LogP contribution in [0, 0.1) is 5.82 Å². The van der Waals surface area contributed by atoms with E-state index < -0.39 is 6.04 Å². The Morgan fingerprint density at radius 1 is 1.40 bits per heavy atom. The standard InChI is InChI=1S/C14H17BrFN3O/c1-8(2)19-14(11(20-3)7-18-19)13(17)9-5-4-6-10(16)12(9)15/h4-8,13H,17H2,1-3H3. The molecule has 0 aliphatic carbocycles. The molecule has 2 N–H and O–H groups in total. The molecule has 0 saturated heterocycles.